The highest BCUT2D eigenvalue weighted by Crippen LogP contribution is 1.90. The Balaban J connectivity index is 3.15. The maximum Gasteiger partial charge on any atom is 0.0659 e. The Morgan fingerprint density at radius 1 is 1.57 bits per heavy atom. The first kappa shape index (κ1) is 6.88. The monoisotopic (exact) mass is 103 g/mol. The number of hydrogen-bond acceptors (Lipinski definition) is 3. The molecule has 3 nitrogen and oxygen atoms in total. The minimum absolute atomic E-state index is 0.00347. The van der Waals surface area contributed by atoms with Gasteiger partial charge in [-0.3, -0.25) is 0 Å². The van der Waals surface area contributed by atoms with Crippen LogP contribution in [0.5, 0.6) is 0 Å². The molecule has 0 spiro atoms. The van der Waals surface area contributed by atoms with Crippen LogP contribution < -0.4 is 11.5 Å². The lowest BCUT2D eigenvalue weighted by molar-refractivity contribution is 0.258. The van der Waals surface area contributed by atoms with Crippen molar-refractivity contribution in [1.82, 2.24) is 0 Å². The van der Waals surface area contributed by atoms with Crippen molar-refractivity contribution in [2.75, 3.05) is 6.61 Å². The number of rotatable bonds is 2. The van der Waals surface area contributed by atoms with Crippen LogP contribution in [0.3, 0.4) is 0 Å². The Bertz CT molecular complexity index is 48.1. The Hall–Kier alpha value is -0.120. The van der Waals surface area contributed by atoms with E-state index in [1.807, 2.05) is 0 Å². The fourth-order valence-corrected chi connectivity index (χ4v) is 0.208. The highest BCUT2D eigenvalue weighted by atomic mass is 16.3. The molecule has 0 fully saturated rings. The quantitative estimate of drug-likeness (QED) is 0.385. The van der Waals surface area contributed by atoms with Crippen LogP contribution in [-0.4, -0.2) is 17.4 Å². The van der Waals surface area contributed by atoms with Crippen molar-refractivity contribution in [3.05, 3.63) is 6.92 Å². The lowest BCUT2D eigenvalue weighted by Crippen LogP contribution is -2.46. The normalized spacial score (nSPS) is 12.0. The summed E-state index contributed by atoms with van der Waals surface area (Å²) in [6, 6.07) is 0. The van der Waals surface area contributed by atoms with E-state index < -0.39 is 5.66 Å². The van der Waals surface area contributed by atoms with E-state index in [4.69, 9.17) is 16.6 Å². The second-order valence-electron chi connectivity index (χ2n) is 1.71. The maximum absolute atomic E-state index is 8.20. The van der Waals surface area contributed by atoms with Crippen LogP contribution in [0.4, 0.5) is 0 Å². The van der Waals surface area contributed by atoms with Crippen LogP contribution in [-0.2, 0) is 0 Å². The van der Waals surface area contributed by atoms with Crippen molar-refractivity contribution in [2.24, 2.45) is 11.5 Å². The molecule has 0 bridgehead atoms. The van der Waals surface area contributed by atoms with E-state index in [2.05, 4.69) is 6.92 Å². The summed E-state index contributed by atoms with van der Waals surface area (Å²) in [5.74, 6) is 0. The summed E-state index contributed by atoms with van der Waals surface area (Å²) in [5.41, 5.74) is 9.36. The molecule has 0 heterocycles. The molecule has 0 aliphatic heterocycles. The van der Waals surface area contributed by atoms with Gasteiger partial charge in [0, 0.05) is 13.0 Å². The van der Waals surface area contributed by atoms with Gasteiger partial charge in [0.1, 0.15) is 0 Å². The topological polar surface area (TPSA) is 72.3 Å². The lowest BCUT2D eigenvalue weighted by atomic mass is 10.2. The van der Waals surface area contributed by atoms with E-state index in [0.29, 0.717) is 6.42 Å². The van der Waals surface area contributed by atoms with Gasteiger partial charge < -0.3 is 16.6 Å². The zero-order chi connectivity index (χ0) is 5.91. The minimum atomic E-state index is -0.950. The van der Waals surface area contributed by atoms with Gasteiger partial charge in [-0.05, 0) is 6.92 Å². The van der Waals surface area contributed by atoms with Crippen LogP contribution in [0.2, 0.25) is 0 Å². The Labute approximate surface area is 43.3 Å². The molecule has 43 valence electrons. The van der Waals surface area contributed by atoms with Gasteiger partial charge in [0.15, 0.2) is 0 Å². The number of hydrogen-bond donors (Lipinski definition) is 3. The van der Waals surface area contributed by atoms with E-state index >= 15 is 0 Å². The van der Waals surface area contributed by atoms with Crippen molar-refractivity contribution in [3.63, 3.8) is 0 Å². The predicted octanol–water partition coefficient (Wildman–Crippen LogP) is -1.18. The summed E-state index contributed by atoms with van der Waals surface area (Å²) >= 11 is 0. The molecular formula is C4H11N2O. The van der Waals surface area contributed by atoms with Gasteiger partial charge in [-0.1, -0.05) is 0 Å². The predicted molar refractivity (Wildman–Crippen MR) is 28.2 cm³/mol. The van der Waals surface area contributed by atoms with Gasteiger partial charge in [-0.25, -0.2) is 0 Å². The van der Waals surface area contributed by atoms with Gasteiger partial charge in [-0.15, -0.1) is 0 Å². The van der Waals surface area contributed by atoms with Crippen molar-refractivity contribution in [1.29, 1.82) is 0 Å². The molecule has 0 aromatic rings. The number of aliphatic hydroxyl groups excluding tert-OH is 1. The third-order valence-corrected chi connectivity index (χ3v) is 0.577. The molecule has 3 heteroatoms. The fraction of sp³-hybridized carbons (Fsp3) is 0.750. The SMILES string of the molecule is [CH2]C(N)(N)CCO. The average molecular weight is 103 g/mol. The van der Waals surface area contributed by atoms with Crippen LogP contribution >= 0.6 is 0 Å². The van der Waals surface area contributed by atoms with Crippen LogP contribution in [0.1, 0.15) is 6.42 Å². The van der Waals surface area contributed by atoms with Crippen LogP contribution in [0.15, 0.2) is 0 Å². The van der Waals surface area contributed by atoms with E-state index in [-0.39, 0.29) is 6.61 Å². The van der Waals surface area contributed by atoms with Gasteiger partial charge in [0.25, 0.3) is 0 Å². The zero-order valence-corrected chi connectivity index (χ0v) is 4.22. The highest BCUT2D eigenvalue weighted by molar-refractivity contribution is 4.77. The number of aliphatic hydroxyl groups is 1. The molecule has 0 aromatic heterocycles. The van der Waals surface area contributed by atoms with Gasteiger partial charge in [0.05, 0.1) is 5.66 Å². The fourth-order valence-electron chi connectivity index (χ4n) is 0.208. The van der Waals surface area contributed by atoms with Gasteiger partial charge in [0.2, 0.25) is 0 Å². The van der Waals surface area contributed by atoms with Crippen LogP contribution in [0, 0.1) is 6.92 Å². The first-order valence-corrected chi connectivity index (χ1v) is 2.10. The molecule has 0 atom stereocenters. The van der Waals surface area contributed by atoms with E-state index in [1.54, 1.807) is 0 Å². The van der Waals surface area contributed by atoms with E-state index in [9.17, 15) is 0 Å². The van der Waals surface area contributed by atoms with E-state index in [0.717, 1.165) is 0 Å². The molecule has 0 aliphatic carbocycles. The smallest absolute Gasteiger partial charge is 0.0659 e. The summed E-state index contributed by atoms with van der Waals surface area (Å²) in [7, 11) is 0. The Morgan fingerprint density at radius 2 is 2.00 bits per heavy atom. The van der Waals surface area contributed by atoms with Gasteiger partial charge >= 0.3 is 0 Å². The minimum Gasteiger partial charge on any atom is -0.396 e. The molecule has 5 N–H and O–H groups in total. The van der Waals surface area contributed by atoms with Crippen molar-refractivity contribution >= 4 is 0 Å². The molecule has 0 unspecified atom stereocenters. The molecule has 0 aromatic carbocycles. The summed E-state index contributed by atoms with van der Waals surface area (Å²) in [4.78, 5) is 0. The standard InChI is InChI=1S/C4H11N2O/c1-4(5,6)2-3-7/h7H,1-3,5-6H2. The second kappa shape index (κ2) is 2.26. The average Bonchev–Trinajstić information content (AvgIpc) is 1.30. The highest BCUT2D eigenvalue weighted by Gasteiger charge is 2.07. The zero-order valence-electron chi connectivity index (χ0n) is 4.22. The third-order valence-electron chi connectivity index (χ3n) is 0.577. The van der Waals surface area contributed by atoms with Crippen molar-refractivity contribution in [3.8, 4) is 0 Å². The molecule has 0 amide bonds. The molecule has 1 radical (unpaired) electrons. The molecule has 0 aliphatic rings. The largest absolute Gasteiger partial charge is 0.396 e. The molecule has 0 rings (SSSR count). The molecule has 0 saturated carbocycles. The number of nitrogens with two attached hydrogens (primary N) is 2. The van der Waals surface area contributed by atoms with Crippen molar-refractivity contribution < 1.29 is 5.11 Å². The first-order chi connectivity index (χ1) is 3.06. The Morgan fingerprint density at radius 3 is 2.00 bits per heavy atom. The molecule has 7 heavy (non-hydrogen) atoms. The summed E-state index contributed by atoms with van der Waals surface area (Å²) in [5, 5.41) is 8.20. The third kappa shape index (κ3) is 5.88. The first-order valence-electron chi connectivity index (χ1n) is 2.10. The lowest BCUT2D eigenvalue weighted by Gasteiger charge is -2.15. The Kier molecular flexibility index (Phi) is 2.22. The maximum atomic E-state index is 8.20. The van der Waals surface area contributed by atoms with E-state index in [1.165, 1.54) is 0 Å². The second-order valence-corrected chi connectivity index (χ2v) is 1.71. The van der Waals surface area contributed by atoms with Gasteiger partial charge in [-0.2, -0.15) is 0 Å². The molecular weight excluding hydrogens is 92.1 g/mol. The summed E-state index contributed by atoms with van der Waals surface area (Å²) in [6.45, 7) is 3.35. The summed E-state index contributed by atoms with van der Waals surface area (Å²) < 4.78 is 0. The summed E-state index contributed by atoms with van der Waals surface area (Å²) in [6.07, 6.45) is 0.340. The van der Waals surface area contributed by atoms with Crippen molar-refractivity contribution in [2.45, 2.75) is 12.1 Å². The van der Waals surface area contributed by atoms with Crippen LogP contribution in [0.25, 0.3) is 0 Å². The molecule has 0 saturated heterocycles.